The summed E-state index contributed by atoms with van der Waals surface area (Å²) < 4.78 is 0. The Balaban J connectivity index is 1.62. The van der Waals surface area contributed by atoms with Crippen LogP contribution in [0.5, 0.6) is 0 Å². The summed E-state index contributed by atoms with van der Waals surface area (Å²) in [6.45, 7) is 4.50. The second-order valence-corrected chi connectivity index (χ2v) is 6.84. The molecule has 3 rings (SSSR count). The Morgan fingerprint density at radius 3 is 2.52 bits per heavy atom. The molecular formula is C21H26N2O2. The Morgan fingerprint density at radius 2 is 1.92 bits per heavy atom. The van der Waals surface area contributed by atoms with Crippen LogP contribution < -0.4 is 5.32 Å². The molecule has 1 amide bonds. The summed E-state index contributed by atoms with van der Waals surface area (Å²) in [4.78, 5) is 13.7. The van der Waals surface area contributed by atoms with Crippen LogP contribution >= 0.6 is 0 Å². The highest BCUT2D eigenvalue weighted by molar-refractivity contribution is 5.74. The molecule has 0 heterocycles. The Labute approximate surface area is 149 Å². The van der Waals surface area contributed by atoms with Gasteiger partial charge in [-0.1, -0.05) is 36.4 Å². The number of amides is 1. The van der Waals surface area contributed by atoms with Crippen molar-refractivity contribution in [3.05, 3.63) is 65.2 Å². The average Bonchev–Trinajstić information content (AvgIpc) is 3.45. The third-order valence-electron chi connectivity index (χ3n) is 4.72. The van der Waals surface area contributed by atoms with Crippen molar-refractivity contribution in [2.75, 3.05) is 5.32 Å². The third-order valence-corrected chi connectivity index (χ3v) is 4.72. The van der Waals surface area contributed by atoms with Gasteiger partial charge in [0.2, 0.25) is 5.91 Å². The molecule has 1 saturated carbocycles. The number of carbonyl (C=O) groups is 1. The molecule has 2 aromatic carbocycles. The maximum Gasteiger partial charge on any atom is 0.219 e. The molecule has 0 spiro atoms. The lowest BCUT2D eigenvalue weighted by atomic mass is 10.0. The van der Waals surface area contributed by atoms with Crippen molar-refractivity contribution < 1.29 is 9.90 Å². The van der Waals surface area contributed by atoms with E-state index in [0.29, 0.717) is 12.6 Å². The zero-order valence-corrected chi connectivity index (χ0v) is 14.9. The number of anilines is 1. The highest BCUT2D eigenvalue weighted by atomic mass is 16.3. The smallest absolute Gasteiger partial charge is 0.219 e. The van der Waals surface area contributed by atoms with E-state index in [2.05, 4.69) is 42.6 Å². The summed E-state index contributed by atoms with van der Waals surface area (Å²) >= 11 is 0. The summed E-state index contributed by atoms with van der Waals surface area (Å²) in [5, 5.41) is 12.8. The van der Waals surface area contributed by atoms with Gasteiger partial charge < -0.3 is 15.3 Å². The Hall–Kier alpha value is -2.33. The first-order valence-electron chi connectivity index (χ1n) is 8.89. The van der Waals surface area contributed by atoms with Crippen LogP contribution in [0.1, 0.15) is 49.4 Å². The van der Waals surface area contributed by atoms with Gasteiger partial charge in [0, 0.05) is 31.2 Å². The number of nitrogens with one attached hydrogen (secondary N) is 1. The number of hydrogen-bond acceptors (Lipinski definition) is 3. The molecule has 1 fully saturated rings. The van der Waals surface area contributed by atoms with E-state index in [4.69, 9.17) is 0 Å². The first kappa shape index (κ1) is 17.5. The van der Waals surface area contributed by atoms with E-state index in [-0.39, 0.29) is 18.6 Å². The normalized spacial score (nSPS) is 14.8. The molecule has 1 aliphatic carbocycles. The predicted octanol–water partition coefficient (Wildman–Crippen LogP) is 3.86. The van der Waals surface area contributed by atoms with Gasteiger partial charge >= 0.3 is 0 Å². The Morgan fingerprint density at radius 1 is 1.20 bits per heavy atom. The van der Waals surface area contributed by atoms with E-state index in [0.717, 1.165) is 35.2 Å². The standard InChI is InChI=1S/C21H26N2O2/c1-15(19-5-3-4-18(12-19)14-24)22-20-8-6-17(7-9-20)13-23(16(2)25)21-10-11-21/h3-9,12,15,21-22,24H,10-11,13-14H2,1-2H3. The van der Waals surface area contributed by atoms with E-state index < -0.39 is 0 Å². The fraction of sp³-hybridized carbons (Fsp3) is 0.381. The van der Waals surface area contributed by atoms with Crippen molar-refractivity contribution >= 4 is 11.6 Å². The fourth-order valence-electron chi connectivity index (χ4n) is 3.08. The fourth-order valence-corrected chi connectivity index (χ4v) is 3.08. The van der Waals surface area contributed by atoms with Gasteiger partial charge in [0.15, 0.2) is 0 Å². The molecule has 4 nitrogen and oxygen atoms in total. The summed E-state index contributed by atoms with van der Waals surface area (Å²) in [7, 11) is 0. The van der Waals surface area contributed by atoms with Crippen LogP contribution in [0.3, 0.4) is 0 Å². The first-order valence-corrected chi connectivity index (χ1v) is 8.89. The molecule has 1 atom stereocenters. The predicted molar refractivity (Wildman–Crippen MR) is 100 cm³/mol. The highest BCUT2D eigenvalue weighted by Gasteiger charge is 2.30. The van der Waals surface area contributed by atoms with Crippen molar-refractivity contribution in [3.8, 4) is 0 Å². The molecule has 0 aliphatic heterocycles. The van der Waals surface area contributed by atoms with Crippen LogP contribution in [0, 0.1) is 0 Å². The van der Waals surface area contributed by atoms with Crippen molar-refractivity contribution in [1.82, 2.24) is 4.90 Å². The minimum Gasteiger partial charge on any atom is -0.392 e. The zero-order chi connectivity index (χ0) is 17.8. The van der Waals surface area contributed by atoms with E-state index >= 15 is 0 Å². The highest BCUT2D eigenvalue weighted by Crippen LogP contribution is 2.29. The van der Waals surface area contributed by atoms with Gasteiger partial charge in [-0.05, 0) is 48.6 Å². The van der Waals surface area contributed by atoms with E-state index in [9.17, 15) is 9.90 Å². The Kier molecular flexibility index (Phi) is 5.39. The van der Waals surface area contributed by atoms with Crippen LogP contribution in [0.25, 0.3) is 0 Å². The lowest BCUT2D eigenvalue weighted by Crippen LogP contribution is -2.30. The number of benzene rings is 2. The zero-order valence-electron chi connectivity index (χ0n) is 14.9. The van der Waals surface area contributed by atoms with Crippen LogP contribution in [-0.2, 0) is 17.9 Å². The average molecular weight is 338 g/mol. The van der Waals surface area contributed by atoms with E-state index in [1.807, 2.05) is 23.1 Å². The second kappa shape index (κ2) is 7.70. The van der Waals surface area contributed by atoms with Crippen molar-refractivity contribution in [2.45, 2.75) is 51.9 Å². The summed E-state index contributed by atoms with van der Waals surface area (Å²) in [5.74, 6) is 0.155. The molecule has 25 heavy (non-hydrogen) atoms. The molecule has 2 aromatic rings. The number of aliphatic hydroxyl groups excluding tert-OH is 1. The number of hydrogen-bond donors (Lipinski definition) is 2. The third kappa shape index (κ3) is 4.60. The second-order valence-electron chi connectivity index (χ2n) is 6.84. The lowest BCUT2D eigenvalue weighted by Gasteiger charge is -2.21. The lowest BCUT2D eigenvalue weighted by molar-refractivity contribution is -0.130. The van der Waals surface area contributed by atoms with Gasteiger partial charge in [0.1, 0.15) is 0 Å². The van der Waals surface area contributed by atoms with Gasteiger partial charge in [-0.2, -0.15) is 0 Å². The monoisotopic (exact) mass is 338 g/mol. The maximum absolute atomic E-state index is 11.7. The molecule has 1 unspecified atom stereocenters. The number of nitrogens with zero attached hydrogens (tertiary/aromatic N) is 1. The molecule has 0 aromatic heterocycles. The Bertz CT molecular complexity index is 723. The van der Waals surface area contributed by atoms with Gasteiger partial charge in [0.25, 0.3) is 0 Å². The molecule has 132 valence electrons. The van der Waals surface area contributed by atoms with Crippen molar-refractivity contribution in [1.29, 1.82) is 0 Å². The summed E-state index contributed by atoms with van der Waals surface area (Å²) in [6, 6.07) is 16.8. The molecule has 0 radical (unpaired) electrons. The van der Waals surface area contributed by atoms with Crippen LogP contribution in [0.2, 0.25) is 0 Å². The maximum atomic E-state index is 11.7. The number of rotatable bonds is 7. The first-order chi connectivity index (χ1) is 12.1. The number of carbonyl (C=O) groups excluding carboxylic acids is 1. The topological polar surface area (TPSA) is 52.6 Å². The van der Waals surface area contributed by atoms with Crippen LogP contribution in [0.15, 0.2) is 48.5 Å². The summed E-state index contributed by atoms with van der Waals surface area (Å²) in [5.41, 5.74) is 4.27. The molecule has 4 heteroatoms. The van der Waals surface area contributed by atoms with Gasteiger partial charge in [-0.3, -0.25) is 4.79 Å². The minimum atomic E-state index is 0.0584. The molecule has 0 saturated heterocycles. The van der Waals surface area contributed by atoms with Gasteiger partial charge in [-0.25, -0.2) is 0 Å². The molecule has 1 aliphatic rings. The van der Waals surface area contributed by atoms with E-state index in [1.54, 1.807) is 6.92 Å². The number of aliphatic hydroxyl groups is 1. The quantitative estimate of drug-likeness (QED) is 0.806. The van der Waals surface area contributed by atoms with Crippen LogP contribution in [-0.4, -0.2) is 22.0 Å². The van der Waals surface area contributed by atoms with Crippen molar-refractivity contribution in [3.63, 3.8) is 0 Å². The summed E-state index contributed by atoms with van der Waals surface area (Å²) in [6.07, 6.45) is 2.26. The SMILES string of the molecule is CC(=O)N(Cc1ccc(NC(C)c2cccc(CO)c2)cc1)C1CC1. The van der Waals surface area contributed by atoms with Crippen LogP contribution in [0.4, 0.5) is 5.69 Å². The minimum absolute atomic E-state index is 0.0584. The molecule has 0 bridgehead atoms. The van der Waals surface area contributed by atoms with Crippen molar-refractivity contribution in [2.24, 2.45) is 0 Å². The molecular weight excluding hydrogens is 312 g/mol. The van der Waals surface area contributed by atoms with Gasteiger partial charge in [-0.15, -0.1) is 0 Å². The molecule has 2 N–H and O–H groups in total. The largest absolute Gasteiger partial charge is 0.392 e. The van der Waals surface area contributed by atoms with Gasteiger partial charge in [0.05, 0.1) is 6.61 Å². The van der Waals surface area contributed by atoms with E-state index in [1.165, 1.54) is 0 Å².